The Morgan fingerprint density at radius 2 is 1.32 bits per heavy atom. The fraction of sp³-hybridized carbons (Fsp3) is 0.269. The summed E-state index contributed by atoms with van der Waals surface area (Å²) >= 11 is 0. The van der Waals surface area contributed by atoms with Crippen molar-refractivity contribution < 1.29 is 28.5 Å². The Balaban J connectivity index is 1.96. The molecule has 0 bridgehead atoms. The van der Waals surface area contributed by atoms with Crippen LogP contribution in [-0.4, -0.2) is 38.5 Å². The summed E-state index contributed by atoms with van der Waals surface area (Å²) < 4.78 is 27.4. The quantitative estimate of drug-likeness (QED) is 0.377. The molecular weight excluding hydrogens is 488 g/mol. The van der Waals surface area contributed by atoms with Crippen molar-refractivity contribution in [3.63, 3.8) is 0 Å². The van der Waals surface area contributed by atoms with Gasteiger partial charge in [0.1, 0.15) is 17.6 Å². The third-order valence-corrected chi connectivity index (χ3v) is 7.14. The van der Waals surface area contributed by atoms with Crippen LogP contribution in [0.1, 0.15) is 29.9 Å². The number of nitrogens with zero attached hydrogens (tertiary/aromatic N) is 2. The molecule has 192 valence electrons. The Kier molecular flexibility index (Phi) is 6.99. The largest absolute Gasteiger partial charge is 0.374 e. The van der Waals surface area contributed by atoms with Crippen LogP contribution in [0.4, 0.5) is 14.5 Å². The third kappa shape index (κ3) is 4.65. The van der Waals surface area contributed by atoms with Gasteiger partial charge in [0.15, 0.2) is 0 Å². The molecule has 1 amide bonds. The van der Waals surface area contributed by atoms with Gasteiger partial charge in [-0.3, -0.25) is 25.0 Å². The molecule has 1 saturated carbocycles. The van der Waals surface area contributed by atoms with E-state index in [0.717, 1.165) is 24.3 Å². The average molecular weight is 511 g/mol. The number of nitrogens with one attached hydrogen (secondary N) is 1. The first-order valence-electron chi connectivity index (χ1n) is 11.4. The first kappa shape index (κ1) is 25.8. The molecule has 0 heterocycles. The zero-order valence-corrected chi connectivity index (χ0v) is 19.5. The maximum Gasteiger partial charge on any atom is 0.264 e. The molecule has 0 aromatic heterocycles. The highest BCUT2D eigenvalue weighted by Gasteiger charge is 2.70. The Labute approximate surface area is 210 Å². The molecule has 2 N–H and O–H groups in total. The van der Waals surface area contributed by atoms with Crippen molar-refractivity contribution in [2.45, 2.75) is 36.4 Å². The van der Waals surface area contributed by atoms with E-state index < -0.39 is 62.8 Å². The lowest BCUT2D eigenvalue weighted by molar-refractivity contribution is -0.593. The van der Waals surface area contributed by atoms with Gasteiger partial charge in [-0.25, -0.2) is 8.78 Å². The molecule has 3 aromatic carbocycles. The fourth-order valence-corrected chi connectivity index (χ4v) is 5.41. The second-order valence-corrected chi connectivity index (χ2v) is 9.09. The van der Waals surface area contributed by atoms with E-state index in [2.05, 4.69) is 5.32 Å². The second kappa shape index (κ2) is 10.0. The number of aliphatic hydroxyl groups is 1. The van der Waals surface area contributed by atoms with Crippen LogP contribution in [0.3, 0.4) is 0 Å². The summed E-state index contributed by atoms with van der Waals surface area (Å²) in [6.07, 6.45) is 0. The average Bonchev–Trinajstić information content (AvgIpc) is 2.86. The molecule has 4 rings (SSSR count). The molecule has 0 unspecified atom stereocenters. The van der Waals surface area contributed by atoms with Gasteiger partial charge in [-0.1, -0.05) is 49.4 Å². The number of halogens is 2. The molecule has 9 nitrogen and oxygen atoms in total. The molecule has 11 heteroatoms. The molecular formula is C26H23F2N3O6. The first-order chi connectivity index (χ1) is 17.6. The van der Waals surface area contributed by atoms with Crippen LogP contribution >= 0.6 is 0 Å². The minimum Gasteiger partial charge on any atom is -0.374 e. The molecule has 37 heavy (non-hydrogen) atoms. The van der Waals surface area contributed by atoms with Crippen molar-refractivity contribution in [3.8, 4) is 0 Å². The highest BCUT2D eigenvalue weighted by Crippen LogP contribution is 2.52. The van der Waals surface area contributed by atoms with Gasteiger partial charge in [-0.05, 0) is 47.5 Å². The summed E-state index contributed by atoms with van der Waals surface area (Å²) in [7, 11) is 0. The van der Waals surface area contributed by atoms with Gasteiger partial charge in [-0.15, -0.1) is 0 Å². The van der Waals surface area contributed by atoms with Crippen LogP contribution in [0.15, 0.2) is 78.9 Å². The highest BCUT2D eigenvalue weighted by molar-refractivity contribution is 5.98. The van der Waals surface area contributed by atoms with Crippen LogP contribution < -0.4 is 5.32 Å². The van der Waals surface area contributed by atoms with Gasteiger partial charge >= 0.3 is 0 Å². The molecule has 0 spiro atoms. The van der Waals surface area contributed by atoms with E-state index in [1.54, 1.807) is 18.2 Å². The van der Waals surface area contributed by atoms with Gasteiger partial charge < -0.3 is 10.4 Å². The van der Waals surface area contributed by atoms with Gasteiger partial charge in [0, 0.05) is 21.5 Å². The zero-order valence-electron chi connectivity index (χ0n) is 19.5. The van der Waals surface area contributed by atoms with Crippen LogP contribution in [0.2, 0.25) is 0 Å². The summed E-state index contributed by atoms with van der Waals surface area (Å²) in [5, 5.41) is 39.4. The van der Waals surface area contributed by atoms with Crippen LogP contribution in [0.25, 0.3) is 0 Å². The van der Waals surface area contributed by atoms with E-state index in [1.165, 1.54) is 43.3 Å². The van der Waals surface area contributed by atoms with Crippen LogP contribution in [0, 0.1) is 37.8 Å². The van der Waals surface area contributed by atoms with Crippen molar-refractivity contribution in [1.82, 2.24) is 0 Å². The lowest BCUT2D eigenvalue weighted by Crippen LogP contribution is -2.69. The van der Waals surface area contributed by atoms with E-state index in [-0.39, 0.29) is 16.8 Å². The van der Waals surface area contributed by atoms with Crippen LogP contribution in [-0.2, 0) is 4.79 Å². The topological polar surface area (TPSA) is 136 Å². The summed E-state index contributed by atoms with van der Waals surface area (Å²) in [5.74, 6) is -6.63. The number of anilines is 1. The van der Waals surface area contributed by atoms with E-state index in [1.807, 2.05) is 0 Å². The second-order valence-electron chi connectivity index (χ2n) is 9.09. The van der Waals surface area contributed by atoms with Gasteiger partial charge in [0.05, 0.1) is 5.92 Å². The zero-order chi connectivity index (χ0) is 26.9. The normalized spacial score (nSPS) is 27.3. The van der Waals surface area contributed by atoms with Crippen molar-refractivity contribution in [1.29, 1.82) is 0 Å². The van der Waals surface area contributed by atoms with E-state index in [4.69, 9.17) is 0 Å². The smallest absolute Gasteiger partial charge is 0.264 e. The molecule has 3 aromatic rings. The van der Waals surface area contributed by atoms with E-state index in [0.29, 0.717) is 0 Å². The van der Waals surface area contributed by atoms with Crippen molar-refractivity contribution >= 4 is 11.6 Å². The lowest BCUT2D eigenvalue weighted by Gasteiger charge is -2.47. The van der Waals surface area contributed by atoms with Crippen molar-refractivity contribution in [2.75, 3.05) is 5.32 Å². The monoisotopic (exact) mass is 511 g/mol. The predicted octanol–water partition coefficient (Wildman–Crippen LogP) is 4.14. The standard InChI is InChI=1S/C26H23F2N3O6/c1-15-21(16-7-11-18(27)12-8-16)23(30(34)35)22(17-9-13-19(28)14-10-17)24(31(36)37)26(15,33)25(32)29-20-5-3-2-4-6-20/h2-15,21-24,33H,1H3,(H,29,32)/t15-,21-,22-,23+,24+,26-/m1/s1. The number of amides is 1. The van der Waals surface area contributed by atoms with Gasteiger partial charge in [0.2, 0.25) is 11.6 Å². The molecule has 1 fully saturated rings. The maximum atomic E-state index is 13.7. The maximum absolute atomic E-state index is 13.7. The molecule has 1 aliphatic carbocycles. The first-order valence-corrected chi connectivity index (χ1v) is 11.4. The number of rotatable bonds is 6. The minimum atomic E-state index is -2.75. The number of benzene rings is 3. The van der Waals surface area contributed by atoms with Crippen LogP contribution in [0.5, 0.6) is 0 Å². The molecule has 0 saturated heterocycles. The lowest BCUT2D eigenvalue weighted by atomic mass is 9.57. The Morgan fingerprint density at radius 1 is 0.838 bits per heavy atom. The minimum absolute atomic E-state index is 0.00903. The third-order valence-electron chi connectivity index (χ3n) is 7.14. The predicted molar refractivity (Wildman–Crippen MR) is 129 cm³/mol. The van der Waals surface area contributed by atoms with Crippen molar-refractivity contribution in [2.24, 2.45) is 5.92 Å². The Morgan fingerprint density at radius 3 is 1.78 bits per heavy atom. The number of para-hydroxylation sites is 1. The fourth-order valence-electron chi connectivity index (χ4n) is 5.41. The van der Waals surface area contributed by atoms with E-state index >= 15 is 0 Å². The van der Waals surface area contributed by atoms with Crippen molar-refractivity contribution in [3.05, 3.63) is 122 Å². The molecule has 1 aliphatic rings. The molecule has 0 radical (unpaired) electrons. The molecule has 0 aliphatic heterocycles. The Bertz CT molecular complexity index is 1310. The number of carbonyl (C=O) groups excluding carboxylic acids is 1. The van der Waals surface area contributed by atoms with E-state index in [9.17, 15) is 38.9 Å². The number of hydrogen-bond acceptors (Lipinski definition) is 6. The van der Waals surface area contributed by atoms with Gasteiger partial charge in [-0.2, -0.15) is 0 Å². The number of carbonyl (C=O) groups is 1. The number of nitro groups is 2. The summed E-state index contributed by atoms with van der Waals surface area (Å²) in [6, 6.07) is 13.1. The number of hydrogen-bond donors (Lipinski definition) is 2. The summed E-state index contributed by atoms with van der Waals surface area (Å²) in [6.45, 7) is 1.33. The SMILES string of the molecule is C[C@@H]1[C@H](c2ccc(F)cc2)[C@H]([N+](=O)[O-])[C@@H](c2ccc(F)cc2)[C@H]([N+](=O)[O-])[C@@]1(O)C(=O)Nc1ccccc1. The highest BCUT2D eigenvalue weighted by atomic mass is 19.1. The summed E-state index contributed by atoms with van der Waals surface area (Å²) in [5.41, 5.74) is -2.27. The Hall–Kier alpha value is -4.25. The van der Waals surface area contributed by atoms with Gasteiger partial charge in [0.25, 0.3) is 11.9 Å². The molecule has 6 atom stereocenters. The summed E-state index contributed by atoms with van der Waals surface area (Å²) in [4.78, 5) is 37.0.